The maximum absolute atomic E-state index is 10.8. The lowest BCUT2D eigenvalue weighted by Gasteiger charge is -2.21. The number of benzene rings is 1. The lowest BCUT2D eigenvalue weighted by atomic mass is 9.97. The van der Waals surface area contributed by atoms with E-state index in [9.17, 15) is 4.79 Å². The Morgan fingerprint density at radius 2 is 1.95 bits per heavy atom. The topological polar surface area (TPSA) is 67.2 Å². The zero-order valence-electron chi connectivity index (χ0n) is 12.1. The van der Waals surface area contributed by atoms with Crippen LogP contribution in [0.1, 0.15) is 40.0 Å². The average Bonchev–Trinajstić information content (AvgIpc) is 2.37. The first-order valence-corrected chi connectivity index (χ1v) is 6.98. The van der Waals surface area contributed by atoms with Gasteiger partial charge in [0.25, 0.3) is 0 Å². The molecule has 2 atom stereocenters. The summed E-state index contributed by atoms with van der Waals surface area (Å²) in [6.07, 6.45) is 3.43. The van der Waals surface area contributed by atoms with Crippen LogP contribution in [0.25, 0.3) is 0 Å². The summed E-state index contributed by atoms with van der Waals surface area (Å²) in [4.78, 5) is 10.8. The molecule has 0 radical (unpaired) electrons. The summed E-state index contributed by atoms with van der Waals surface area (Å²) < 4.78 is 0. The van der Waals surface area contributed by atoms with Crippen LogP contribution in [0.5, 0.6) is 0 Å². The van der Waals surface area contributed by atoms with Gasteiger partial charge in [0.15, 0.2) is 0 Å². The summed E-state index contributed by atoms with van der Waals surface area (Å²) in [5.74, 6) is 0.712. The van der Waals surface area contributed by atoms with Crippen LogP contribution in [-0.2, 0) is 0 Å². The van der Waals surface area contributed by atoms with E-state index in [0.29, 0.717) is 12.0 Å². The molecule has 4 N–H and O–H groups in total. The lowest BCUT2D eigenvalue weighted by Crippen LogP contribution is -2.22. The number of urea groups is 1. The van der Waals surface area contributed by atoms with E-state index in [1.165, 1.54) is 6.42 Å². The van der Waals surface area contributed by atoms with Crippen molar-refractivity contribution >= 4 is 17.4 Å². The van der Waals surface area contributed by atoms with E-state index in [2.05, 4.69) is 31.4 Å². The second-order valence-electron chi connectivity index (χ2n) is 5.07. The highest BCUT2D eigenvalue weighted by Crippen LogP contribution is 2.20. The number of rotatable bonds is 7. The molecule has 106 valence electrons. The van der Waals surface area contributed by atoms with Crippen molar-refractivity contribution in [2.75, 3.05) is 10.6 Å². The molecule has 0 aliphatic heterocycles. The van der Waals surface area contributed by atoms with Crippen molar-refractivity contribution < 1.29 is 4.79 Å². The van der Waals surface area contributed by atoms with Gasteiger partial charge >= 0.3 is 6.03 Å². The van der Waals surface area contributed by atoms with Crippen molar-refractivity contribution in [1.29, 1.82) is 0 Å². The molecule has 4 nitrogen and oxygen atoms in total. The smallest absolute Gasteiger partial charge is 0.316 e. The van der Waals surface area contributed by atoms with Crippen molar-refractivity contribution in [3.05, 3.63) is 24.3 Å². The van der Waals surface area contributed by atoms with E-state index in [-0.39, 0.29) is 0 Å². The number of primary amides is 1. The Balaban J connectivity index is 2.66. The predicted molar refractivity (Wildman–Crippen MR) is 81.4 cm³/mol. The van der Waals surface area contributed by atoms with Gasteiger partial charge in [-0.05, 0) is 37.0 Å². The standard InChI is InChI=1S/C15H25N3O/c1-4-11(3)9-12(5-2)17-13-7-6-8-14(10-13)18-15(16)19/h6-8,10-12,17H,4-5,9H2,1-3H3,(H3,16,18,19). The van der Waals surface area contributed by atoms with Gasteiger partial charge in [-0.1, -0.05) is 33.3 Å². The van der Waals surface area contributed by atoms with Crippen LogP contribution in [0.4, 0.5) is 16.2 Å². The first-order chi connectivity index (χ1) is 9.05. The Kier molecular flexibility index (Phi) is 6.19. The van der Waals surface area contributed by atoms with Crippen molar-refractivity contribution in [3.63, 3.8) is 0 Å². The zero-order valence-corrected chi connectivity index (χ0v) is 12.1. The fourth-order valence-electron chi connectivity index (χ4n) is 2.04. The molecule has 0 spiro atoms. The molecule has 1 rings (SSSR count). The molecule has 19 heavy (non-hydrogen) atoms. The maximum Gasteiger partial charge on any atom is 0.316 e. The van der Waals surface area contributed by atoms with Gasteiger partial charge in [-0.3, -0.25) is 0 Å². The zero-order chi connectivity index (χ0) is 14.3. The van der Waals surface area contributed by atoms with E-state index < -0.39 is 6.03 Å². The average molecular weight is 263 g/mol. The first-order valence-electron chi connectivity index (χ1n) is 6.98. The first kappa shape index (κ1) is 15.3. The molecule has 1 aromatic rings. The molecular formula is C15H25N3O. The van der Waals surface area contributed by atoms with Crippen LogP contribution >= 0.6 is 0 Å². The minimum atomic E-state index is -0.538. The van der Waals surface area contributed by atoms with Gasteiger partial charge in [0, 0.05) is 17.4 Å². The summed E-state index contributed by atoms with van der Waals surface area (Å²) in [5.41, 5.74) is 6.85. The van der Waals surface area contributed by atoms with Crippen LogP contribution in [0, 0.1) is 5.92 Å². The van der Waals surface area contributed by atoms with E-state index >= 15 is 0 Å². The molecule has 4 heteroatoms. The third-order valence-electron chi connectivity index (χ3n) is 3.38. The van der Waals surface area contributed by atoms with Crippen LogP contribution < -0.4 is 16.4 Å². The van der Waals surface area contributed by atoms with E-state index in [1.54, 1.807) is 0 Å². The Morgan fingerprint density at radius 1 is 1.26 bits per heavy atom. The van der Waals surface area contributed by atoms with E-state index in [1.807, 2.05) is 24.3 Å². The van der Waals surface area contributed by atoms with Crippen molar-refractivity contribution in [2.24, 2.45) is 11.7 Å². The Morgan fingerprint density at radius 3 is 2.53 bits per heavy atom. The minimum Gasteiger partial charge on any atom is -0.382 e. The number of anilines is 2. The highest BCUT2D eigenvalue weighted by Gasteiger charge is 2.10. The number of amides is 2. The molecule has 2 unspecified atom stereocenters. The fourth-order valence-corrected chi connectivity index (χ4v) is 2.04. The number of carbonyl (C=O) groups is 1. The van der Waals surface area contributed by atoms with Gasteiger partial charge in [0.05, 0.1) is 0 Å². The Hall–Kier alpha value is -1.71. The quantitative estimate of drug-likeness (QED) is 0.700. The van der Waals surface area contributed by atoms with Gasteiger partial charge in [-0.15, -0.1) is 0 Å². The van der Waals surface area contributed by atoms with Crippen LogP contribution in [0.2, 0.25) is 0 Å². The minimum absolute atomic E-state index is 0.457. The molecule has 0 heterocycles. The second kappa shape index (κ2) is 7.67. The number of nitrogens with two attached hydrogens (primary N) is 1. The normalized spacial score (nSPS) is 13.6. The fraction of sp³-hybridized carbons (Fsp3) is 0.533. The summed E-state index contributed by atoms with van der Waals surface area (Å²) in [6.45, 7) is 6.68. The third kappa shape index (κ3) is 5.64. The van der Waals surface area contributed by atoms with Gasteiger partial charge < -0.3 is 16.4 Å². The molecule has 2 amide bonds. The third-order valence-corrected chi connectivity index (χ3v) is 3.38. The summed E-state index contributed by atoms with van der Waals surface area (Å²) in [6, 6.07) is 7.56. The molecule has 0 fully saturated rings. The molecule has 0 saturated heterocycles. The highest BCUT2D eigenvalue weighted by atomic mass is 16.2. The second-order valence-corrected chi connectivity index (χ2v) is 5.07. The molecule has 0 saturated carbocycles. The molecule has 0 aliphatic rings. The van der Waals surface area contributed by atoms with Crippen LogP contribution in [0.15, 0.2) is 24.3 Å². The number of nitrogens with one attached hydrogen (secondary N) is 2. The SMILES string of the molecule is CCC(C)CC(CC)Nc1cccc(NC(N)=O)c1. The maximum atomic E-state index is 10.8. The van der Waals surface area contributed by atoms with Gasteiger partial charge in [-0.25, -0.2) is 4.79 Å². The largest absolute Gasteiger partial charge is 0.382 e. The lowest BCUT2D eigenvalue weighted by molar-refractivity contribution is 0.259. The summed E-state index contributed by atoms with van der Waals surface area (Å²) in [7, 11) is 0. The molecule has 0 bridgehead atoms. The molecule has 0 aliphatic carbocycles. The summed E-state index contributed by atoms with van der Waals surface area (Å²) in [5, 5.41) is 6.10. The van der Waals surface area contributed by atoms with E-state index in [0.717, 1.165) is 24.2 Å². The van der Waals surface area contributed by atoms with E-state index in [4.69, 9.17) is 5.73 Å². The predicted octanol–water partition coefficient (Wildman–Crippen LogP) is 3.80. The number of hydrogen-bond donors (Lipinski definition) is 3. The van der Waals surface area contributed by atoms with Crippen LogP contribution in [0.3, 0.4) is 0 Å². The van der Waals surface area contributed by atoms with Crippen molar-refractivity contribution in [3.8, 4) is 0 Å². The number of carbonyl (C=O) groups excluding carboxylic acids is 1. The summed E-state index contributed by atoms with van der Waals surface area (Å²) >= 11 is 0. The molecule has 0 aromatic heterocycles. The van der Waals surface area contributed by atoms with Crippen molar-refractivity contribution in [2.45, 2.75) is 46.1 Å². The number of hydrogen-bond acceptors (Lipinski definition) is 2. The Bertz CT molecular complexity index is 406. The molecule has 1 aromatic carbocycles. The van der Waals surface area contributed by atoms with Gasteiger partial charge in [0.2, 0.25) is 0 Å². The highest BCUT2D eigenvalue weighted by molar-refractivity contribution is 5.88. The monoisotopic (exact) mass is 263 g/mol. The van der Waals surface area contributed by atoms with Gasteiger partial charge in [-0.2, -0.15) is 0 Å². The molecular weight excluding hydrogens is 238 g/mol. The van der Waals surface area contributed by atoms with Crippen molar-refractivity contribution in [1.82, 2.24) is 0 Å². The van der Waals surface area contributed by atoms with Crippen LogP contribution in [-0.4, -0.2) is 12.1 Å². The van der Waals surface area contributed by atoms with Gasteiger partial charge in [0.1, 0.15) is 0 Å². The Labute approximate surface area is 115 Å².